The van der Waals surface area contributed by atoms with Crippen LogP contribution in [0.15, 0.2) is 6.07 Å². The number of nitrogens with zero attached hydrogens (tertiary/aromatic N) is 1. The Kier molecular flexibility index (Phi) is 6.64. The number of hydrogen-bond donors (Lipinski definition) is 3. The van der Waals surface area contributed by atoms with E-state index in [0.717, 1.165) is 36.5 Å². The topological polar surface area (TPSA) is 69.8 Å². The van der Waals surface area contributed by atoms with Crippen molar-refractivity contribution in [2.24, 2.45) is 0 Å². The molecule has 1 atom stereocenters. The molecule has 6 heteroatoms. The molecule has 0 fully saturated rings. The molecular formula is C12H22N4OS. The van der Waals surface area contributed by atoms with E-state index in [1.54, 1.807) is 11.8 Å². The van der Waals surface area contributed by atoms with E-state index < -0.39 is 0 Å². The summed E-state index contributed by atoms with van der Waals surface area (Å²) in [5.74, 6) is 1.07. The lowest BCUT2D eigenvalue weighted by atomic mass is 10.2. The minimum absolute atomic E-state index is 0.0771. The van der Waals surface area contributed by atoms with Crippen molar-refractivity contribution in [1.29, 1.82) is 0 Å². The van der Waals surface area contributed by atoms with Crippen molar-refractivity contribution in [2.75, 3.05) is 18.6 Å². The zero-order valence-electron chi connectivity index (χ0n) is 11.2. The maximum atomic E-state index is 11.6. The van der Waals surface area contributed by atoms with E-state index in [2.05, 4.69) is 27.1 Å². The molecule has 0 aliphatic rings. The van der Waals surface area contributed by atoms with Crippen LogP contribution < -0.4 is 10.6 Å². The van der Waals surface area contributed by atoms with Crippen LogP contribution in [0.3, 0.4) is 0 Å². The Morgan fingerprint density at radius 1 is 1.61 bits per heavy atom. The van der Waals surface area contributed by atoms with Crippen LogP contribution in [-0.4, -0.2) is 40.8 Å². The number of amides is 2. The summed E-state index contributed by atoms with van der Waals surface area (Å²) in [6, 6.07) is 1.97. The number of thioether (sulfide) groups is 1. The van der Waals surface area contributed by atoms with Gasteiger partial charge >= 0.3 is 6.03 Å². The Labute approximate surface area is 112 Å². The lowest BCUT2D eigenvalue weighted by molar-refractivity contribution is 0.237. The van der Waals surface area contributed by atoms with E-state index in [4.69, 9.17) is 0 Å². The number of carbonyl (C=O) groups excluding carboxylic acids is 1. The highest BCUT2D eigenvalue weighted by Gasteiger charge is 2.09. The van der Waals surface area contributed by atoms with E-state index in [1.165, 1.54) is 0 Å². The van der Waals surface area contributed by atoms with Crippen LogP contribution in [0.2, 0.25) is 0 Å². The van der Waals surface area contributed by atoms with Crippen molar-refractivity contribution in [3.05, 3.63) is 17.5 Å². The summed E-state index contributed by atoms with van der Waals surface area (Å²) in [6.45, 7) is 4.67. The van der Waals surface area contributed by atoms with Crippen LogP contribution in [0, 0.1) is 6.92 Å². The third-order valence-electron chi connectivity index (χ3n) is 2.46. The molecule has 1 heterocycles. The van der Waals surface area contributed by atoms with Gasteiger partial charge in [-0.15, -0.1) is 0 Å². The fourth-order valence-electron chi connectivity index (χ4n) is 1.64. The third kappa shape index (κ3) is 5.95. The summed E-state index contributed by atoms with van der Waals surface area (Å²) in [6.07, 6.45) is 3.80. The van der Waals surface area contributed by atoms with Crippen LogP contribution >= 0.6 is 11.8 Å². The number of aromatic nitrogens is 2. The maximum absolute atomic E-state index is 11.6. The molecule has 0 saturated carbocycles. The molecular weight excluding hydrogens is 248 g/mol. The largest absolute Gasteiger partial charge is 0.338 e. The monoisotopic (exact) mass is 270 g/mol. The molecule has 1 aromatic rings. The fraction of sp³-hybridized carbons (Fsp3) is 0.667. The second kappa shape index (κ2) is 8.02. The molecule has 0 aliphatic carbocycles. The van der Waals surface area contributed by atoms with E-state index in [-0.39, 0.29) is 12.1 Å². The van der Waals surface area contributed by atoms with E-state index in [0.29, 0.717) is 0 Å². The molecule has 0 aliphatic heterocycles. The smallest absolute Gasteiger partial charge is 0.315 e. The fourth-order valence-corrected chi connectivity index (χ4v) is 2.07. The van der Waals surface area contributed by atoms with Crippen LogP contribution in [0.25, 0.3) is 0 Å². The Bertz CT molecular complexity index is 367. The molecule has 1 aromatic heterocycles. The molecule has 0 aromatic carbocycles. The number of urea groups is 1. The molecule has 0 saturated heterocycles. The standard InChI is InChI=1S/C12H22N4OS/c1-9(7-11-8-10(2)15-16-11)14-12(17)13-5-4-6-18-3/h8-9H,4-7H2,1-3H3,(H,15,16)(H2,13,14,17)/t9-/m1/s1. The predicted octanol–water partition coefficient (Wildman–Crippen LogP) is 1.70. The number of hydrogen-bond acceptors (Lipinski definition) is 3. The van der Waals surface area contributed by atoms with Crippen LogP contribution in [0.1, 0.15) is 24.7 Å². The summed E-state index contributed by atoms with van der Waals surface area (Å²) >= 11 is 1.79. The molecule has 0 unspecified atom stereocenters. The molecule has 0 bridgehead atoms. The van der Waals surface area contributed by atoms with Gasteiger partial charge in [-0.2, -0.15) is 16.9 Å². The number of carbonyl (C=O) groups is 1. The van der Waals surface area contributed by atoms with Gasteiger partial charge in [0.1, 0.15) is 0 Å². The van der Waals surface area contributed by atoms with Crippen LogP contribution in [0.4, 0.5) is 4.79 Å². The molecule has 102 valence electrons. The van der Waals surface area contributed by atoms with Crippen molar-refractivity contribution in [1.82, 2.24) is 20.8 Å². The van der Waals surface area contributed by atoms with Gasteiger partial charge in [0.15, 0.2) is 0 Å². The Hall–Kier alpha value is -1.17. The number of rotatable bonds is 7. The van der Waals surface area contributed by atoms with E-state index in [1.807, 2.05) is 19.9 Å². The zero-order valence-corrected chi connectivity index (χ0v) is 12.1. The van der Waals surface area contributed by atoms with Gasteiger partial charge < -0.3 is 10.6 Å². The molecule has 18 heavy (non-hydrogen) atoms. The summed E-state index contributed by atoms with van der Waals surface area (Å²) in [5.41, 5.74) is 2.02. The molecule has 3 N–H and O–H groups in total. The summed E-state index contributed by atoms with van der Waals surface area (Å²) in [4.78, 5) is 11.6. The van der Waals surface area contributed by atoms with Crippen molar-refractivity contribution >= 4 is 17.8 Å². The molecule has 0 spiro atoms. The van der Waals surface area contributed by atoms with Gasteiger partial charge in [-0.1, -0.05) is 0 Å². The first-order valence-electron chi connectivity index (χ1n) is 6.16. The average molecular weight is 270 g/mol. The van der Waals surface area contributed by atoms with Gasteiger partial charge in [0.25, 0.3) is 0 Å². The SMILES string of the molecule is CSCCCNC(=O)N[C@H](C)Cc1cc(C)[nH]n1. The summed E-state index contributed by atoms with van der Waals surface area (Å²) < 4.78 is 0. The van der Waals surface area contributed by atoms with Gasteiger partial charge in [-0.25, -0.2) is 4.79 Å². The molecule has 2 amide bonds. The van der Waals surface area contributed by atoms with Crippen molar-refractivity contribution < 1.29 is 4.79 Å². The highest BCUT2D eigenvalue weighted by Crippen LogP contribution is 2.01. The number of nitrogens with one attached hydrogen (secondary N) is 3. The average Bonchev–Trinajstić information content (AvgIpc) is 2.70. The highest BCUT2D eigenvalue weighted by molar-refractivity contribution is 7.98. The van der Waals surface area contributed by atoms with Gasteiger partial charge in [0, 0.05) is 24.7 Å². The van der Waals surface area contributed by atoms with Gasteiger partial charge in [-0.3, -0.25) is 5.10 Å². The number of H-pyrrole nitrogens is 1. The Morgan fingerprint density at radius 3 is 3.00 bits per heavy atom. The minimum atomic E-state index is -0.101. The van der Waals surface area contributed by atoms with Gasteiger partial charge in [0.2, 0.25) is 0 Å². The number of aryl methyl sites for hydroxylation is 1. The lowest BCUT2D eigenvalue weighted by Gasteiger charge is -2.13. The second-order valence-corrected chi connectivity index (χ2v) is 5.38. The number of aromatic amines is 1. The van der Waals surface area contributed by atoms with E-state index >= 15 is 0 Å². The Balaban J connectivity index is 2.19. The quantitative estimate of drug-likeness (QED) is 0.661. The highest BCUT2D eigenvalue weighted by atomic mass is 32.2. The second-order valence-electron chi connectivity index (χ2n) is 4.39. The first kappa shape index (κ1) is 14.9. The zero-order chi connectivity index (χ0) is 13.4. The predicted molar refractivity (Wildman–Crippen MR) is 76.0 cm³/mol. The van der Waals surface area contributed by atoms with Crippen molar-refractivity contribution in [2.45, 2.75) is 32.7 Å². The molecule has 5 nitrogen and oxygen atoms in total. The van der Waals surface area contributed by atoms with Crippen LogP contribution in [0.5, 0.6) is 0 Å². The van der Waals surface area contributed by atoms with Crippen LogP contribution in [-0.2, 0) is 6.42 Å². The van der Waals surface area contributed by atoms with E-state index in [9.17, 15) is 4.79 Å². The minimum Gasteiger partial charge on any atom is -0.338 e. The summed E-state index contributed by atoms with van der Waals surface area (Å²) in [5, 5.41) is 12.8. The molecule has 1 rings (SSSR count). The van der Waals surface area contributed by atoms with Gasteiger partial charge in [0.05, 0.1) is 5.69 Å². The lowest BCUT2D eigenvalue weighted by Crippen LogP contribution is -2.42. The third-order valence-corrected chi connectivity index (χ3v) is 3.16. The Morgan fingerprint density at radius 2 is 2.39 bits per heavy atom. The normalized spacial score (nSPS) is 12.2. The summed E-state index contributed by atoms with van der Waals surface area (Å²) in [7, 11) is 0. The van der Waals surface area contributed by atoms with Crippen molar-refractivity contribution in [3.63, 3.8) is 0 Å². The first-order chi connectivity index (χ1) is 8.61. The molecule has 0 radical (unpaired) electrons. The van der Waals surface area contributed by atoms with Crippen molar-refractivity contribution in [3.8, 4) is 0 Å². The first-order valence-corrected chi connectivity index (χ1v) is 7.55. The van der Waals surface area contributed by atoms with Gasteiger partial charge in [-0.05, 0) is 38.3 Å². The maximum Gasteiger partial charge on any atom is 0.315 e.